The third-order valence-electron chi connectivity index (χ3n) is 3.52. The summed E-state index contributed by atoms with van der Waals surface area (Å²) in [5, 5.41) is 20.5. The third-order valence-corrected chi connectivity index (χ3v) is 3.52. The first-order chi connectivity index (χ1) is 9.26. The summed E-state index contributed by atoms with van der Waals surface area (Å²) in [6, 6.07) is 4.17. The second-order valence-electron chi connectivity index (χ2n) is 4.74. The average molecular weight is 264 g/mol. The van der Waals surface area contributed by atoms with Crippen LogP contribution in [0.4, 0.5) is 5.69 Å². The van der Waals surface area contributed by atoms with Crippen molar-refractivity contribution in [3.8, 4) is 0 Å². The fourth-order valence-electron chi connectivity index (χ4n) is 2.56. The van der Waals surface area contributed by atoms with Gasteiger partial charge in [-0.2, -0.15) is 0 Å². The summed E-state index contributed by atoms with van der Waals surface area (Å²) in [6.45, 7) is 1.26. The predicted molar refractivity (Wildman–Crippen MR) is 73.4 cm³/mol. The maximum Gasteiger partial charge on any atom is 0.188 e. The van der Waals surface area contributed by atoms with E-state index in [1.807, 2.05) is 6.07 Å². The lowest BCUT2D eigenvalue weighted by molar-refractivity contribution is 0.279. The quantitative estimate of drug-likeness (QED) is 0.318. The van der Waals surface area contributed by atoms with Crippen molar-refractivity contribution in [2.45, 2.75) is 31.7 Å². The number of hydrogen-bond acceptors (Lipinski definition) is 5. The Labute approximate surface area is 112 Å². The van der Waals surface area contributed by atoms with Crippen LogP contribution in [-0.2, 0) is 0 Å². The molecule has 1 unspecified atom stereocenters. The molecule has 0 bridgehead atoms. The highest BCUT2D eigenvalue weighted by Gasteiger charge is 2.24. The van der Waals surface area contributed by atoms with E-state index in [4.69, 9.17) is 16.0 Å². The number of pyridine rings is 1. The Morgan fingerprint density at radius 1 is 1.53 bits per heavy atom. The molecule has 2 heterocycles. The highest BCUT2D eigenvalue weighted by Crippen LogP contribution is 2.27. The molecule has 0 aromatic carbocycles. The van der Waals surface area contributed by atoms with Crippen molar-refractivity contribution in [2.75, 3.05) is 18.1 Å². The number of nitrogens with zero attached hydrogens (tertiary/aromatic N) is 3. The lowest BCUT2D eigenvalue weighted by atomic mass is 10.1. The van der Waals surface area contributed by atoms with Crippen LogP contribution in [0.2, 0.25) is 0 Å². The Morgan fingerprint density at radius 2 is 2.37 bits per heavy atom. The molecular formula is C13H20N4O2. The summed E-state index contributed by atoms with van der Waals surface area (Å²) < 4.78 is 0. The molecule has 104 valence electrons. The number of amidine groups is 1. The van der Waals surface area contributed by atoms with Crippen LogP contribution in [0.5, 0.6) is 0 Å². The van der Waals surface area contributed by atoms with E-state index in [0.717, 1.165) is 37.9 Å². The summed E-state index contributed by atoms with van der Waals surface area (Å²) >= 11 is 0. The highest BCUT2D eigenvalue weighted by atomic mass is 16.4. The second kappa shape index (κ2) is 6.38. The molecule has 19 heavy (non-hydrogen) atoms. The molecule has 1 fully saturated rings. The van der Waals surface area contributed by atoms with Gasteiger partial charge in [-0.25, -0.2) is 0 Å². The minimum Gasteiger partial charge on any atom is -0.409 e. The van der Waals surface area contributed by atoms with E-state index in [1.54, 1.807) is 12.3 Å². The number of anilines is 1. The summed E-state index contributed by atoms with van der Waals surface area (Å²) in [7, 11) is 0. The predicted octanol–water partition coefficient (Wildman–Crippen LogP) is 0.917. The molecule has 0 saturated carbocycles. The number of rotatable bonds is 5. The molecule has 2 rings (SSSR count). The van der Waals surface area contributed by atoms with Gasteiger partial charge in [0.15, 0.2) is 5.84 Å². The fraction of sp³-hybridized carbons (Fsp3) is 0.538. The van der Waals surface area contributed by atoms with Gasteiger partial charge >= 0.3 is 0 Å². The number of aliphatic hydroxyl groups excluding tert-OH is 1. The molecule has 1 aromatic heterocycles. The van der Waals surface area contributed by atoms with Gasteiger partial charge in [-0.3, -0.25) is 4.98 Å². The minimum absolute atomic E-state index is 0.0183. The number of hydrogen-bond donors (Lipinski definition) is 3. The zero-order valence-electron chi connectivity index (χ0n) is 10.9. The van der Waals surface area contributed by atoms with E-state index in [0.29, 0.717) is 11.7 Å². The van der Waals surface area contributed by atoms with Gasteiger partial charge < -0.3 is 20.9 Å². The lowest BCUT2D eigenvalue weighted by Gasteiger charge is -2.26. The van der Waals surface area contributed by atoms with Crippen molar-refractivity contribution in [1.29, 1.82) is 0 Å². The molecule has 6 heteroatoms. The highest BCUT2D eigenvalue weighted by molar-refractivity contribution is 5.95. The normalized spacial score (nSPS) is 19.9. The maximum absolute atomic E-state index is 8.93. The molecule has 1 aromatic rings. The Bertz CT molecular complexity index is 433. The molecule has 4 N–H and O–H groups in total. The first kappa shape index (κ1) is 13.6. The van der Waals surface area contributed by atoms with Crippen molar-refractivity contribution in [3.05, 3.63) is 24.0 Å². The summed E-state index contributed by atoms with van der Waals surface area (Å²) in [6.07, 6.45) is 5.90. The molecule has 1 atom stereocenters. The first-order valence-corrected chi connectivity index (χ1v) is 6.57. The molecular weight excluding hydrogens is 244 g/mol. The SMILES string of the molecule is N/C(=N/O)c1ccc(N2CCCC2CCCO)cn1. The first-order valence-electron chi connectivity index (χ1n) is 6.57. The number of aliphatic hydroxyl groups is 1. The van der Waals surface area contributed by atoms with Crippen LogP contribution >= 0.6 is 0 Å². The van der Waals surface area contributed by atoms with E-state index >= 15 is 0 Å². The van der Waals surface area contributed by atoms with Crippen LogP contribution < -0.4 is 10.6 Å². The topological polar surface area (TPSA) is 95.0 Å². The van der Waals surface area contributed by atoms with E-state index < -0.39 is 0 Å². The lowest BCUT2D eigenvalue weighted by Crippen LogP contribution is -2.29. The minimum atomic E-state index is 0.0183. The van der Waals surface area contributed by atoms with Crippen LogP contribution in [-0.4, -0.2) is 40.3 Å². The molecule has 0 spiro atoms. The summed E-state index contributed by atoms with van der Waals surface area (Å²) in [4.78, 5) is 6.52. The van der Waals surface area contributed by atoms with Crippen LogP contribution in [0, 0.1) is 0 Å². The number of nitrogens with two attached hydrogens (primary N) is 1. The maximum atomic E-state index is 8.93. The van der Waals surface area contributed by atoms with Gasteiger partial charge in [0.05, 0.1) is 11.9 Å². The summed E-state index contributed by atoms with van der Waals surface area (Å²) in [5.41, 5.74) is 7.01. The van der Waals surface area contributed by atoms with Crippen molar-refractivity contribution < 1.29 is 10.3 Å². The molecule has 0 radical (unpaired) electrons. The molecule has 0 aliphatic carbocycles. The third kappa shape index (κ3) is 3.14. The Morgan fingerprint density at radius 3 is 3.00 bits per heavy atom. The van der Waals surface area contributed by atoms with Gasteiger partial charge in [-0.15, -0.1) is 0 Å². The van der Waals surface area contributed by atoms with Crippen molar-refractivity contribution in [3.63, 3.8) is 0 Å². The van der Waals surface area contributed by atoms with Crippen LogP contribution in [0.15, 0.2) is 23.5 Å². The van der Waals surface area contributed by atoms with E-state index in [9.17, 15) is 0 Å². The Kier molecular flexibility index (Phi) is 4.57. The van der Waals surface area contributed by atoms with Crippen LogP contribution in [0.3, 0.4) is 0 Å². The zero-order valence-corrected chi connectivity index (χ0v) is 10.9. The van der Waals surface area contributed by atoms with Crippen molar-refractivity contribution in [1.82, 2.24) is 4.98 Å². The van der Waals surface area contributed by atoms with E-state index in [2.05, 4.69) is 15.0 Å². The van der Waals surface area contributed by atoms with Gasteiger partial charge in [0.1, 0.15) is 5.69 Å². The average Bonchev–Trinajstić information content (AvgIpc) is 2.92. The number of oxime groups is 1. The van der Waals surface area contributed by atoms with Crippen LogP contribution in [0.1, 0.15) is 31.4 Å². The largest absolute Gasteiger partial charge is 0.409 e. The molecule has 1 saturated heterocycles. The van der Waals surface area contributed by atoms with Crippen molar-refractivity contribution >= 4 is 11.5 Å². The van der Waals surface area contributed by atoms with Crippen molar-refractivity contribution in [2.24, 2.45) is 10.9 Å². The van der Waals surface area contributed by atoms with Gasteiger partial charge in [-0.05, 0) is 37.8 Å². The van der Waals surface area contributed by atoms with Gasteiger partial charge in [0.25, 0.3) is 0 Å². The molecule has 1 aliphatic rings. The monoisotopic (exact) mass is 264 g/mol. The van der Waals surface area contributed by atoms with E-state index in [-0.39, 0.29) is 12.4 Å². The van der Waals surface area contributed by atoms with Gasteiger partial charge in [-0.1, -0.05) is 5.16 Å². The van der Waals surface area contributed by atoms with Gasteiger partial charge in [0, 0.05) is 19.2 Å². The Hall–Kier alpha value is -1.82. The van der Waals surface area contributed by atoms with E-state index in [1.165, 1.54) is 0 Å². The molecule has 6 nitrogen and oxygen atoms in total. The standard InChI is InChI=1S/C13H20N4O2/c14-13(16-19)12-6-5-11(9-15-12)17-7-1-3-10(17)4-2-8-18/h5-6,9-10,18-19H,1-4,7-8H2,(H2,14,16). The number of aromatic nitrogens is 1. The zero-order chi connectivity index (χ0) is 13.7. The Balaban J connectivity index is 2.08. The van der Waals surface area contributed by atoms with Gasteiger partial charge in [0.2, 0.25) is 0 Å². The fourth-order valence-corrected chi connectivity index (χ4v) is 2.56. The molecule has 0 amide bonds. The summed E-state index contributed by atoms with van der Waals surface area (Å²) in [5.74, 6) is 0.0183. The van der Waals surface area contributed by atoms with Crippen LogP contribution in [0.25, 0.3) is 0 Å². The second-order valence-corrected chi connectivity index (χ2v) is 4.74. The smallest absolute Gasteiger partial charge is 0.188 e. The molecule has 1 aliphatic heterocycles.